The molecule has 32 heavy (non-hydrogen) atoms. The third-order valence-corrected chi connectivity index (χ3v) is 9.13. The molecule has 0 saturated heterocycles. The van der Waals surface area contributed by atoms with Gasteiger partial charge in [0.25, 0.3) is 20.2 Å². The lowest BCUT2D eigenvalue weighted by atomic mass is 9.87. The van der Waals surface area contributed by atoms with Crippen LogP contribution in [-0.2, 0) is 25.9 Å². The van der Waals surface area contributed by atoms with Crippen LogP contribution in [0.4, 0.5) is 0 Å². The molecular weight excluding hydrogens is 460 g/mol. The molecule has 1 aromatic carbocycles. The van der Waals surface area contributed by atoms with Gasteiger partial charge in [-0.15, -0.1) is 0 Å². The molecule has 0 bridgehead atoms. The maximum atomic E-state index is 12.7. The third-order valence-electron chi connectivity index (χ3n) is 5.28. The molecule has 0 radical (unpaired) electrons. The van der Waals surface area contributed by atoms with Crippen molar-refractivity contribution in [1.82, 2.24) is 30.0 Å². The minimum absolute atomic E-state index is 0.653. The second-order valence-corrected chi connectivity index (χ2v) is 10.7. The van der Waals surface area contributed by atoms with Crippen LogP contribution in [-0.4, -0.2) is 60.0 Å². The zero-order valence-electron chi connectivity index (χ0n) is 16.3. The molecule has 1 unspecified atom stereocenters. The van der Waals surface area contributed by atoms with Crippen molar-refractivity contribution in [3.05, 3.63) is 78.9 Å². The van der Waals surface area contributed by atoms with Crippen LogP contribution >= 0.6 is 0 Å². The molecule has 1 atom stereocenters. The Morgan fingerprint density at radius 3 is 1.84 bits per heavy atom. The Kier molecular flexibility index (Phi) is 5.32. The van der Waals surface area contributed by atoms with Crippen LogP contribution in [0.1, 0.15) is 12.0 Å². The van der Waals surface area contributed by atoms with Gasteiger partial charge in [0.1, 0.15) is 0 Å². The average Bonchev–Trinajstić information content (AvgIpc) is 3.46. The van der Waals surface area contributed by atoms with Gasteiger partial charge < -0.3 is 0 Å². The molecule has 0 amide bonds. The van der Waals surface area contributed by atoms with Gasteiger partial charge in [-0.25, -0.2) is 0 Å². The molecule has 1 aliphatic carbocycles. The normalized spacial score (nSPS) is 20.5. The first-order chi connectivity index (χ1) is 15.1. The number of hydrogen-bond acceptors (Lipinski definition) is 8. The molecule has 0 spiro atoms. The lowest BCUT2D eigenvalue weighted by molar-refractivity contribution is 0.151. The second-order valence-electron chi connectivity index (χ2n) is 7.11. The Morgan fingerprint density at radius 1 is 0.875 bits per heavy atom. The van der Waals surface area contributed by atoms with Crippen LogP contribution in [0.25, 0.3) is 6.08 Å². The largest absolute Gasteiger partial charge is 0.288 e. The monoisotopic (exact) mass is 478 g/mol. The minimum atomic E-state index is -5.43. The maximum absolute atomic E-state index is 12.7. The SMILES string of the molecule is O=S(=O)(O)C1(S(=O)(=O)O)CC(n2nccn2)(n2nccn2)C=CC1C=Cc1ccccc1. The summed E-state index contributed by atoms with van der Waals surface area (Å²) in [6.45, 7) is 0. The lowest BCUT2D eigenvalue weighted by Crippen LogP contribution is -2.60. The van der Waals surface area contributed by atoms with Crippen LogP contribution in [0.5, 0.6) is 0 Å². The predicted octanol–water partition coefficient (Wildman–Crippen LogP) is 0.832. The molecule has 14 heteroatoms. The maximum Gasteiger partial charge on any atom is 0.288 e. The van der Waals surface area contributed by atoms with Crippen molar-refractivity contribution in [2.45, 2.75) is 16.2 Å². The highest BCUT2D eigenvalue weighted by atomic mass is 32.3. The second kappa shape index (κ2) is 7.74. The summed E-state index contributed by atoms with van der Waals surface area (Å²) < 4.78 is 67.9. The van der Waals surface area contributed by atoms with E-state index in [1.807, 2.05) is 0 Å². The van der Waals surface area contributed by atoms with Crippen molar-refractivity contribution in [2.24, 2.45) is 5.92 Å². The minimum Gasteiger partial charge on any atom is -0.284 e. The van der Waals surface area contributed by atoms with Crippen LogP contribution in [0.15, 0.2) is 73.3 Å². The summed E-state index contributed by atoms with van der Waals surface area (Å²) in [6, 6.07) is 8.70. The number of rotatable bonds is 6. The fraction of sp³-hybridized carbons (Fsp3) is 0.222. The number of hydrogen-bond donors (Lipinski definition) is 2. The van der Waals surface area contributed by atoms with Crippen LogP contribution in [0.2, 0.25) is 0 Å². The van der Waals surface area contributed by atoms with Gasteiger partial charge in [0, 0.05) is 12.3 Å². The fourth-order valence-electron chi connectivity index (χ4n) is 3.78. The lowest BCUT2D eigenvalue weighted by Gasteiger charge is -2.42. The van der Waals surface area contributed by atoms with E-state index in [1.54, 1.807) is 30.3 Å². The van der Waals surface area contributed by atoms with E-state index in [9.17, 15) is 25.9 Å². The van der Waals surface area contributed by atoms with E-state index in [4.69, 9.17) is 0 Å². The molecule has 168 valence electrons. The Hall–Kier alpha value is -3.20. The Labute approximate surface area is 183 Å². The molecule has 2 N–H and O–H groups in total. The summed E-state index contributed by atoms with van der Waals surface area (Å²) in [7, 11) is -10.9. The number of aromatic nitrogens is 6. The van der Waals surface area contributed by atoms with E-state index in [1.165, 1.54) is 49.1 Å². The molecule has 12 nitrogen and oxygen atoms in total. The van der Waals surface area contributed by atoms with Gasteiger partial charge in [0.05, 0.1) is 24.8 Å². The quantitative estimate of drug-likeness (QED) is 0.382. The highest BCUT2D eigenvalue weighted by Gasteiger charge is 2.65. The Morgan fingerprint density at radius 2 is 1.38 bits per heavy atom. The standard InChI is InChI=1S/C18H18N6O6S2/c25-31(26,27)18(32(28,29)30)14-17(23-19-10-11-20-23,24-21-12-13-22-24)9-8-16(18)7-6-15-4-2-1-3-5-15/h1-13,16H,14H2,(H,25,26,27)(H,28,29,30). The molecule has 0 aliphatic heterocycles. The first-order valence-electron chi connectivity index (χ1n) is 9.20. The zero-order valence-corrected chi connectivity index (χ0v) is 18.0. The highest BCUT2D eigenvalue weighted by molar-refractivity contribution is 8.05. The van der Waals surface area contributed by atoms with E-state index in [0.29, 0.717) is 5.56 Å². The molecule has 3 aromatic rings. The van der Waals surface area contributed by atoms with E-state index < -0.39 is 42.3 Å². The van der Waals surface area contributed by atoms with Crippen molar-refractivity contribution >= 4 is 26.3 Å². The van der Waals surface area contributed by atoms with Gasteiger partial charge in [0.15, 0.2) is 0 Å². The smallest absolute Gasteiger partial charge is 0.284 e. The van der Waals surface area contributed by atoms with Gasteiger partial charge in [-0.1, -0.05) is 48.6 Å². The molecule has 2 heterocycles. The fourth-order valence-corrected chi connectivity index (χ4v) is 6.64. The summed E-state index contributed by atoms with van der Waals surface area (Å²) in [4.78, 5) is 2.01. The molecule has 1 aliphatic rings. The van der Waals surface area contributed by atoms with Gasteiger partial charge in [-0.3, -0.25) is 9.11 Å². The molecule has 0 fully saturated rings. The van der Waals surface area contributed by atoms with E-state index in [2.05, 4.69) is 20.4 Å². The van der Waals surface area contributed by atoms with Crippen molar-refractivity contribution in [1.29, 1.82) is 0 Å². The molecule has 0 saturated carbocycles. The number of nitrogens with zero attached hydrogens (tertiary/aromatic N) is 6. The third kappa shape index (κ3) is 3.46. The summed E-state index contributed by atoms with van der Waals surface area (Å²) in [5.41, 5.74) is -1.14. The van der Waals surface area contributed by atoms with Crippen molar-refractivity contribution in [2.75, 3.05) is 0 Å². The first-order valence-corrected chi connectivity index (χ1v) is 12.1. The summed E-state index contributed by atoms with van der Waals surface area (Å²) >= 11 is 0. The summed E-state index contributed by atoms with van der Waals surface area (Å²) in [6.07, 6.45) is 9.70. The van der Waals surface area contributed by atoms with Gasteiger partial charge >= 0.3 is 0 Å². The Bertz CT molecular complexity index is 1280. The highest BCUT2D eigenvalue weighted by Crippen LogP contribution is 2.47. The predicted molar refractivity (Wildman–Crippen MR) is 112 cm³/mol. The Balaban J connectivity index is 1.98. The number of benzene rings is 1. The van der Waals surface area contributed by atoms with Crippen LogP contribution in [0, 0.1) is 5.92 Å². The molecule has 4 rings (SSSR count). The first kappa shape index (κ1) is 22.0. The number of allylic oxidation sites excluding steroid dienone is 3. The van der Waals surface area contributed by atoms with Gasteiger partial charge in [-0.05, 0) is 11.6 Å². The zero-order chi connectivity index (χ0) is 23.0. The summed E-state index contributed by atoms with van der Waals surface area (Å²) in [5, 5.41) is 16.0. The van der Waals surface area contributed by atoms with E-state index >= 15 is 0 Å². The average molecular weight is 479 g/mol. The van der Waals surface area contributed by atoms with E-state index in [0.717, 1.165) is 9.59 Å². The van der Waals surface area contributed by atoms with Crippen molar-refractivity contribution < 1.29 is 25.9 Å². The summed E-state index contributed by atoms with van der Waals surface area (Å²) in [5.74, 6) is -1.47. The molecule has 2 aromatic heterocycles. The molecular formula is C18H18N6O6S2. The van der Waals surface area contributed by atoms with E-state index in [-0.39, 0.29) is 0 Å². The van der Waals surface area contributed by atoms with Gasteiger partial charge in [0.2, 0.25) is 9.74 Å². The van der Waals surface area contributed by atoms with Gasteiger partial charge in [-0.2, -0.15) is 46.8 Å². The van der Waals surface area contributed by atoms with Crippen LogP contribution in [0.3, 0.4) is 0 Å². The van der Waals surface area contributed by atoms with Crippen LogP contribution < -0.4 is 0 Å². The van der Waals surface area contributed by atoms with Crippen molar-refractivity contribution in [3.63, 3.8) is 0 Å². The van der Waals surface area contributed by atoms with Crippen molar-refractivity contribution in [3.8, 4) is 0 Å². The topological polar surface area (TPSA) is 170 Å².